The highest BCUT2D eigenvalue weighted by molar-refractivity contribution is 6.33. The topological polar surface area (TPSA) is 41.4 Å². The van der Waals surface area contributed by atoms with Gasteiger partial charge in [-0.3, -0.25) is 4.79 Å². The predicted octanol–water partition coefficient (Wildman–Crippen LogP) is 6.46. The zero-order chi connectivity index (χ0) is 23.7. The van der Waals surface area contributed by atoms with Crippen molar-refractivity contribution in [3.8, 4) is 16.9 Å². The van der Waals surface area contributed by atoms with Gasteiger partial charge in [0.1, 0.15) is 5.69 Å². The second-order valence-corrected chi connectivity index (χ2v) is 9.33. The van der Waals surface area contributed by atoms with Crippen molar-refractivity contribution in [3.05, 3.63) is 99.6 Å². The van der Waals surface area contributed by atoms with Gasteiger partial charge in [0.25, 0.3) is 5.91 Å². The molecule has 34 heavy (non-hydrogen) atoms. The highest BCUT2D eigenvalue weighted by Crippen LogP contribution is 2.29. The summed E-state index contributed by atoms with van der Waals surface area (Å²) in [7, 11) is 0. The Morgan fingerprint density at radius 1 is 0.735 bits per heavy atom. The Kier molecular flexibility index (Phi) is 6.50. The third-order valence-electron chi connectivity index (χ3n) is 5.87. The maximum atomic E-state index is 13.7. The molecule has 172 valence electrons. The predicted molar refractivity (Wildman–Crippen MR) is 139 cm³/mol. The van der Waals surface area contributed by atoms with Gasteiger partial charge in [0.2, 0.25) is 0 Å². The summed E-state index contributed by atoms with van der Waals surface area (Å²) in [5, 5.41) is 6.59. The molecular formula is C26H21Cl3N4O. The highest BCUT2D eigenvalue weighted by atomic mass is 35.5. The van der Waals surface area contributed by atoms with Crippen LogP contribution in [0.1, 0.15) is 10.5 Å². The minimum Gasteiger partial charge on any atom is -0.368 e. The molecule has 5 nitrogen and oxygen atoms in total. The summed E-state index contributed by atoms with van der Waals surface area (Å²) in [6.07, 6.45) is 0. The molecule has 0 bridgehead atoms. The average molecular weight is 512 g/mol. The van der Waals surface area contributed by atoms with E-state index in [1.807, 2.05) is 65.6 Å². The number of hydrogen-bond donors (Lipinski definition) is 0. The molecule has 1 aliphatic rings. The lowest BCUT2D eigenvalue weighted by atomic mass is 10.1. The summed E-state index contributed by atoms with van der Waals surface area (Å²) in [5.74, 6) is -0.0866. The summed E-state index contributed by atoms with van der Waals surface area (Å²) in [4.78, 5) is 17.8. The molecule has 0 atom stereocenters. The Hall–Kier alpha value is -2.99. The van der Waals surface area contributed by atoms with E-state index in [0.717, 1.165) is 24.3 Å². The first-order chi connectivity index (χ1) is 16.5. The van der Waals surface area contributed by atoms with Gasteiger partial charge in [0, 0.05) is 47.5 Å². The van der Waals surface area contributed by atoms with Crippen LogP contribution in [-0.2, 0) is 0 Å². The molecule has 0 N–H and O–H groups in total. The lowest BCUT2D eigenvalue weighted by Gasteiger charge is -2.36. The van der Waals surface area contributed by atoms with E-state index in [4.69, 9.17) is 39.9 Å². The van der Waals surface area contributed by atoms with Gasteiger partial charge in [-0.2, -0.15) is 5.10 Å². The number of aromatic nitrogens is 2. The number of halogens is 3. The van der Waals surface area contributed by atoms with E-state index < -0.39 is 0 Å². The second-order valence-electron chi connectivity index (χ2n) is 8.05. The number of nitrogens with zero attached hydrogens (tertiary/aromatic N) is 4. The van der Waals surface area contributed by atoms with Crippen LogP contribution in [0.15, 0.2) is 78.9 Å². The van der Waals surface area contributed by atoms with Gasteiger partial charge in [-0.1, -0.05) is 65.1 Å². The number of carbonyl (C=O) groups is 1. The van der Waals surface area contributed by atoms with Crippen LogP contribution in [0.4, 0.5) is 5.69 Å². The van der Waals surface area contributed by atoms with Crippen molar-refractivity contribution in [2.24, 2.45) is 0 Å². The molecule has 2 heterocycles. The number of piperazine rings is 1. The average Bonchev–Trinajstić information content (AvgIpc) is 3.29. The van der Waals surface area contributed by atoms with Crippen LogP contribution in [0.5, 0.6) is 0 Å². The van der Waals surface area contributed by atoms with Crippen LogP contribution in [0.2, 0.25) is 15.1 Å². The molecule has 0 spiro atoms. The maximum Gasteiger partial charge on any atom is 0.272 e. The summed E-state index contributed by atoms with van der Waals surface area (Å²) >= 11 is 18.8. The largest absolute Gasteiger partial charge is 0.368 e. The standard InChI is InChI=1S/C26H21Cl3N4O/c27-18-5-3-7-20(15-18)31-11-13-32(14-12-31)26(34)25-17-24(22-9-1-2-10-23(22)29)30-33(25)21-8-4-6-19(28)16-21/h1-10,15-17H,11-14H2. The van der Waals surface area contributed by atoms with E-state index >= 15 is 0 Å². The lowest BCUT2D eigenvalue weighted by molar-refractivity contribution is 0.0737. The SMILES string of the molecule is O=C(c1cc(-c2ccccc2Cl)nn1-c1cccc(Cl)c1)N1CCN(c2cccc(Cl)c2)CC1. The van der Waals surface area contributed by atoms with E-state index in [2.05, 4.69) is 4.90 Å². The molecule has 1 fully saturated rings. The number of amides is 1. The van der Waals surface area contributed by atoms with Gasteiger partial charge in [-0.15, -0.1) is 0 Å². The Morgan fingerprint density at radius 2 is 1.38 bits per heavy atom. The molecule has 0 saturated carbocycles. The molecule has 4 aromatic rings. The van der Waals surface area contributed by atoms with Crippen LogP contribution < -0.4 is 4.90 Å². The van der Waals surface area contributed by atoms with Crippen molar-refractivity contribution >= 4 is 46.4 Å². The molecule has 5 rings (SSSR count). The highest BCUT2D eigenvalue weighted by Gasteiger charge is 2.27. The summed E-state index contributed by atoms with van der Waals surface area (Å²) in [6, 6.07) is 24.4. The number of rotatable bonds is 4. The molecule has 1 aliphatic heterocycles. The fourth-order valence-corrected chi connectivity index (χ4v) is 4.74. The number of anilines is 1. The summed E-state index contributed by atoms with van der Waals surface area (Å²) in [5.41, 5.74) is 3.64. The zero-order valence-electron chi connectivity index (χ0n) is 18.2. The first-order valence-electron chi connectivity index (χ1n) is 10.9. The Balaban J connectivity index is 1.45. The van der Waals surface area contributed by atoms with Crippen LogP contribution >= 0.6 is 34.8 Å². The lowest BCUT2D eigenvalue weighted by Crippen LogP contribution is -2.49. The van der Waals surface area contributed by atoms with Crippen molar-refractivity contribution in [2.75, 3.05) is 31.1 Å². The van der Waals surface area contributed by atoms with Crippen molar-refractivity contribution in [2.45, 2.75) is 0 Å². The van der Waals surface area contributed by atoms with Gasteiger partial charge in [0.15, 0.2) is 0 Å². The normalized spacial score (nSPS) is 13.9. The molecule has 1 saturated heterocycles. The van der Waals surface area contributed by atoms with Crippen LogP contribution in [-0.4, -0.2) is 46.8 Å². The molecule has 1 aromatic heterocycles. The van der Waals surface area contributed by atoms with Crippen LogP contribution in [0.3, 0.4) is 0 Å². The Labute approximate surface area is 213 Å². The minimum absolute atomic E-state index is 0.0866. The van der Waals surface area contributed by atoms with Crippen LogP contribution in [0.25, 0.3) is 16.9 Å². The van der Waals surface area contributed by atoms with Gasteiger partial charge >= 0.3 is 0 Å². The minimum atomic E-state index is -0.0866. The second kappa shape index (κ2) is 9.71. The van der Waals surface area contributed by atoms with Crippen molar-refractivity contribution in [1.82, 2.24) is 14.7 Å². The van der Waals surface area contributed by atoms with E-state index in [0.29, 0.717) is 45.2 Å². The first-order valence-corrected chi connectivity index (χ1v) is 12.0. The third kappa shape index (κ3) is 4.64. The Morgan fingerprint density at radius 3 is 2.06 bits per heavy atom. The molecular weight excluding hydrogens is 491 g/mol. The molecule has 0 radical (unpaired) electrons. The van der Waals surface area contributed by atoms with E-state index in [1.165, 1.54) is 0 Å². The Bertz CT molecular complexity index is 1350. The molecule has 0 aliphatic carbocycles. The first kappa shape index (κ1) is 22.8. The zero-order valence-corrected chi connectivity index (χ0v) is 20.4. The van der Waals surface area contributed by atoms with Gasteiger partial charge in [-0.25, -0.2) is 4.68 Å². The fraction of sp³-hybridized carbons (Fsp3) is 0.154. The smallest absolute Gasteiger partial charge is 0.272 e. The quantitative estimate of drug-likeness (QED) is 0.316. The van der Waals surface area contributed by atoms with Gasteiger partial charge < -0.3 is 9.80 Å². The number of carbonyl (C=O) groups excluding carboxylic acids is 1. The van der Waals surface area contributed by atoms with E-state index in [-0.39, 0.29) is 5.91 Å². The summed E-state index contributed by atoms with van der Waals surface area (Å²) in [6.45, 7) is 2.62. The molecule has 1 amide bonds. The number of benzene rings is 3. The van der Waals surface area contributed by atoms with Gasteiger partial charge in [-0.05, 0) is 48.5 Å². The van der Waals surface area contributed by atoms with Crippen molar-refractivity contribution in [3.63, 3.8) is 0 Å². The molecule has 8 heteroatoms. The third-order valence-corrected chi connectivity index (χ3v) is 6.67. The molecule has 3 aromatic carbocycles. The molecule has 0 unspecified atom stereocenters. The van der Waals surface area contributed by atoms with E-state index in [1.54, 1.807) is 22.9 Å². The summed E-state index contributed by atoms with van der Waals surface area (Å²) < 4.78 is 1.65. The van der Waals surface area contributed by atoms with Crippen molar-refractivity contribution in [1.29, 1.82) is 0 Å². The van der Waals surface area contributed by atoms with Crippen molar-refractivity contribution < 1.29 is 4.79 Å². The van der Waals surface area contributed by atoms with Gasteiger partial charge in [0.05, 0.1) is 16.4 Å². The van der Waals surface area contributed by atoms with Crippen LogP contribution in [0, 0.1) is 0 Å². The fourth-order valence-electron chi connectivity index (χ4n) is 4.14. The van der Waals surface area contributed by atoms with E-state index in [9.17, 15) is 4.79 Å². The number of hydrogen-bond acceptors (Lipinski definition) is 3. The maximum absolute atomic E-state index is 13.7. The monoisotopic (exact) mass is 510 g/mol.